The van der Waals surface area contributed by atoms with Crippen molar-refractivity contribution in [3.8, 4) is 0 Å². The maximum atomic E-state index is 12.1. The van der Waals surface area contributed by atoms with Crippen molar-refractivity contribution in [1.82, 2.24) is 10.2 Å². The number of aromatic amines is 1. The summed E-state index contributed by atoms with van der Waals surface area (Å²) in [6.07, 6.45) is 1.27. The highest BCUT2D eigenvalue weighted by molar-refractivity contribution is 7.92. The van der Waals surface area contributed by atoms with Crippen LogP contribution in [-0.2, 0) is 10.0 Å². The molecule has 2 rings (SSSR count). The number of benzene rings is 1. The van der Waals surface area contributed by atoms with Crippen molar-refractivity contribution in [2.24, 2.45) is 0 Å². The van der Waals surface area contributed by atoms with Crippen LogP contribution in [-0.4, -0.2) is 18.6 Å². The molecule has 1 aromatic carbocycles. The summed E-state index contributed by atoms with van der Waals surface area (Å²) in [6.45, 7) is 3.50. The molecule has 1 aromatic heterocycles. The summed E-state index contributed by atoms with van der Waals surface area (Å²) < 4.78 is 26.7. The molecule has 2 aromatic rings. The fraction of sp³-hybridized carbons (Fsp3) is 0.182. The third kappa shape index (κ3) is 2.49. The first-order valence-corrected chi connectivity index (χ1v) is 7.05. The monoisotopic (exact) mass is 285 g/mol. The van der Waals surface area contributed by atoms with Crippen LogP contribution < -0.4 is 4.72 Å². The van der Waals surface area contributed by atoms with Gasteiger partial charge in [-0.2, -0.15) is 5.10 Å². The zero-order valence-electron chi connectivity index (χ0n) is 9.86. The van der Waals surface area contributed by atoms with E-state index in [2.05, 4.69) is 14.9 Å². The molecule has 1 heterocycles. The van der Waals surface area contributed by atoms with Gasteiger partial charge in [0.1, 0.15) is 4.90 Å². The number of hydrogen-bond acceptors (Lipinski definition) is 3. The topological polar surface area (TPSA) is 74.8 Å². The van der Waals surface area contributed by atoms with Crippen LogP contribution in [0.15, 0.2) is 29.3 Å². The molecule has 0 aliphatic heterocycles. The van der Waals surface area contributed by atoms with E-state index in [1.807, 2.05) is 13.0 Å². The molecule has 0 amide bonds. The SMILES string of the molecule is Cc1ccc(Cl)c(NS(=O)(=O)c2cn[nH]c2C)c1. The van der Waals surface area contributed by atoms with E-state index < -0.39 is 10.0 Å². The van der Waals surface area contributed by atoms with Crippen LogP contribution in [0.25, 0.3) is 0 Å². The van der Waals surface area contributed by atoms with Crippen molar-refractivity contribution in [1.29, 1.82) is 0 Å². The van der Waals surface area contributed by atoms with Crippen LogP contribution in [0.2, 0.25) is 5.02 Å². The number of nitrogens with one attached hydrogen (secondary N) is 2. The van der Waals surface area contributed by atoms with Gasteiger partial charge in [0, 0.05) is 0 Å². The molecule has 0 saturated heterocycles. The van der Waals surface area contributed by atoms with Gasteiger partial charge in [0.15, 0.2) is 0 Å². The van der Waals surface area contributed by atoms with E-state index in [4.69, 9.17) is 11.6 Å². The molecule has 0 unspecified atom stereocenters. The van der Waals surface area contributed by atoms with Crippen LogP contribution in [0.5, 0.6) is 0 Å². The van der Waals surface area contributed by atoms with E-state index in [-0.39, 0.29) is 4.90 Å². The van der Waals surface area contributed by atoms with Gasteiger partial charge in [-0.15, -0.1) is 0 Å². The van der Waals surface area contributed by atoms with E-state index >= 15 is 0 Å². The summed E-state index contributed by atoms with van der Waals surface area (Å²) in [5.41, 5.74) is 1.75. The minimum atomic E-state index is -3.67. The second-order valence-corrected chi connectivity index (χ2v) is 6.01. The van der Waals surface area contributed by atoms with Gasteiger partial charge < -0.3 is 0 Å². The van der Waals surface area contributed by atoms with Crippen LogP contribution in [0, 0.1) is 13.8 Å². The van der Waals surface area contributed by atoms with E-state index in [9.17, 15) is 8.42 Å². The van der Waals surface area contributed by atoms with Crippen LogP contribution in [0.1, 0.15) is 11.3 Å². The zero-order chi connectivity index (χ0) is 13.3. The third-order valence-electron chi connectivity index (χ3n) is 2.44. The van der Waals surface area contributed by atoms with Crippen molar-refractivity contribution in [3.05, 3.63) is 40.7 Å². The molecule has 0 saturated carbocycles. The van der Waals surface area contributed by atoms with Crippen molar-refractivity contribution in [2.75, 3.05) is 4.72 Å². The smallest absolute Gasteiger partial charge is 0.265 e. The van der Waals surface area contributed by atoms with E-state index in [1.165, 1.54) is 6.20 Å². The standard InChI is InChI=1S/C11H12ClN3O2S/c1-7-3-4-9(12)10(5-7)15-18(16,17)11-6-13-14-8(11)2/h3-6,15H,1-2H3,(H,13,14). The summed E-state index contributed by atoms with van der Waals surface area (Å²) in [5.74, 6) is 0. The fourth-order valence-corrected chi connectivity index (χ4v) is 2.96. The lowest BCUT2D eigenvalue weighted by Gasteiger charge is -2.09. The Morgan fingerprint density at radius 3 is 2.67 bits per heavy atom. The average Bonchev–Trinajstić information content (AvgIpc) is 2.70. The summed E-state index contributed by atoms with van der Waals surface area (Å²) in [6, 6.07) is 5.13. The molecule has 0 atom stereocenters. The Labute approximate surface area is 110 Å². The van der Waals surface area contributed by atoms with Crippen molar-refractivity contribution >= 4 is 27.3 Å². The largest absolute Gasteiger partial charge is 0.281 e. The molecular weight excluding hydrogens is 274 g/mol. The Morgan fingerprint density at radius 1 is 1.33 bits per heavy atom. The van der Waals surface area contributed by atoms with Gasteiger partial charge in [-0.25, -0.2) is 8.42 Å². The Bertz CT molecular complexity index is 679. The van der Waals surface area contributed by atoms with E-state index in [0.717, 1.165) is 5.56 Å². The highest BCUT2D eigenvalue weighted by atomic mass is 35.5. The summed E-state index contributed by atoms with van der Waals surface area (Å²) in [4.78, 5) is 0.111. The van der Waals surface area contributed by atoms with Gasteiger partial charge in [-0.3, -0.25) is 9.82 Å². The van der Waals surface area contributed by atoms with Gasteiger partial charge in [-0.1, -0.05) is 17.7 Å². The second-order valence-electron chi connectivity index (χ2n) is 3.95. The lowest BCUT2D eigenvalue weighted by Crippen LogP contribution is -2.13. The summed E-state index contributed by atoms with van der Waals surface area (Å²) in [7, 11) is -3.67. The van der Waals surface area contributed by atoms with Gasteiger partial charge >= 0.3 is 0 Å². The lowest BCUT2D eigenvalue weighted by molar-refractivity contribution is 0.600. The molecular formula is C11H12ClN3O2S. The van der Waals surface area contributed by atoms with Gasteiger partial charge in [0.2, 0.25) is 0 Å². The highest BCUT2D eigenvalue weighted by Gasteiger charge is 2.19. The number of sulfonamides is 1. The molecule has 0 fully saturated rings. The fourth-order valence-electron chi connectivity index (χ4n) is 1.53. The molecule has 7 heteroatoms. The average molecular weight is 286 g/mol. The predicted octanol–water partition coefficient (Wildman–Crippen LogP) is 2.48. The maximum Gasteiger partial charge on any atom is 0.265 e. The number of aryl methyl sites for hydroxylation is 2. The van der Waals surface area contributed by atoms with Crippen LogP contribution in [0.3, 0.4) is 0 Å². The number of H-pyrrole nitrogens is 1. The number of rotatable bonds is 3. The third-order valence-corrected chi connectivity index (χ3v) is 4.25. The van der Waals surface area contributed by atoms with E-state index in [0.29, 0.717) is 16.4 Å². The normalized spacial score (nSPS) is 11.5. The zero-order valence-corrected chi connectivity index (χ0v) is 11.4. The first kappa shape index (κ1) is 12.9. The highest BCUT2D eigenvalue weighted by Crippen LogP contribution is 2.26. The van der Waals surface area contributed by atoms with Crippen molar-refractivity contribution in [3.63, 3.8) is 0 Å². The molecule has 2 N–H and O–H groups in total. The van der Waals surface area contributed by atoms with Gasteiger partial charge in [0.25, 0.3) is 10.0 Å². The Balaban J connectivity index is 2.40. The first-order chi connectivity index (χ1) is 8.40. The van der Waals surface area contributed by atoms with Gasteiger partial charge in [-0.05, 0) is 31.5 Å². The molecule has 5 nitrogen and oxygen atoms in total. The summed E-state index contributed by atoms with van der Waals surface area (Å²) >= 11 is 5.95. The number of halogens is 1. The van der Waals surface area contributed by atoms with Gasteiger partial charge in [0.05, 0.1) is 22.6 Å². The van der Waals surface area contributed by atoms with Crippen LogP contribution >= 0.6 is 11.6 Å². The van der Waals surface area contributed by atoms with Crippen molar-refractivity contribution < 1.29 is 8.42 Å². The molecule has 0 radical (unpaired) electrons. The maximum absolute atomic E-state index is 12.1. The molecule has 96 valence electrons. The summed E-state index contributed by atoms with van der Waals surface area (Å²) in [5, 5.41) is 6.63. The predicted molar refractivity (Wildman–Crippen MR) is 70.3 cm³/mol. The molecule has 18 heavy (non-hydrogen) atoms. The molecule has 0 aliphatic carbocycles. The second kappa shape index (κ2) is 4.62. The quantitative estimate of drug-likeness (QED) is 0.910. The Kier molecular flexibility index (Phi) is 3.32. The number of anilines is 1. The Morgan fingerprint density at radius 2 is 2.06 bits per heavy atom. The minimum absolute atomic E-state index is 0.111. The molecule has 0 bridgehead atoms. The lowest BCUT2D eigenvalue weighted by atomic mass is 10.2. The first-order valence-electron chi connectivity index (χ1n) is 5.19. The number of hydrogen-bond donors (Lipinski definition) is 2. The number of nitrogens with zero attached hydrogens (tertiary/aromatic N) is 1. The molecule has 0 aliphatic rings. The van der Waals surface area contributed by atoms with Crippen molar-refractivity contribution in [2.45, 2.75) is 18.7 Å². The minimum Gasteiger partial charge on any atom is -0.281 e. The molecule has 0 spiro atoms. The Hall–Kier alpha value is -1.53. The number of aromatic nitrogens is 2. The van der Waals surface area contributed by atoms with Crippen LogP contribution in [0.4, 0.5) is 5.69 Å². The van der Waals surface area contributed by atoms with E-state index in [1.54, 1.807) is 19.1 Å².